The van der Waals surface area contributed by atoms with Crippen LogP contribution in [0.5, 0.6) is 0 Å². The maximum atomic E-state index is 11.7. The Morgan fingerprint density at radius 1 is 1.44 bits per heavy atom. The van der Waals surface area contributed by atoms with Crippen LogP contribution in [0.25, 0.3) is 0 Å². The predicted molar refractivity (Wildman–Crippen MR) is 65.7 cm³/mol. The van der Waals surface area contributed by atoms with Crippen LogP contribution in [0.3, 0.4) is 0 Å². The van der Waals surface area contributed by atoms with E-state index in [0.29, 0.717) is 17.6 Å². The molecule has 3 nitrogen and oxygen atoms in total. The molecule has 0 bridgehead atoms. The van der Waals surface area contributed by atoms with Crippen LogP contribution < -0.4 is 5.32 Å². The second kappa shape index (κ2) is 4.74. The van der Waals surface area contributed by atoms with Gasteiger partial charge in [0.25, 0.3) is 0 Å². The van der Waals surface area contributed by atoms with E-state index in [2.05, 4.69) is 5.32 Å². The van der Waals surface area contributed by atoms with Gasteiger partial charge in [-0.15, -0.1) is 0 Å². The van der Waals surface area contributed by atoms with Crippen molar-refractivity contribution in [2.24, 2.45) is 0 Å². The highest BCUT2D eigenvalue weighted by molar-refractivity contribution is 6.30. The average molecular weight is 239 g/mol. The van der Waals surface area contributed by atoms with E-state index in [1.165, 1.54) is 0 Å². The molecule has 16 heavy (non-hydrogen) atoms. The molecule has 1 aromatic carbocycles. The molecule has 0 aromatic heterocycles. The van der Waals surface area contributed by atoms with Crippen molar-refractivity contribution in [3.63, 3.8) is 0 Å². The number of carbonyl (C=O) groups is 1. The number of carbonyl (C=O) groups excluding carboxylic acids is 1. The second-order valence-electron chi connectivity index (χ2n) is 4.10. The van der Waals surface area contributed by atoms with Gasteiger partial charge in [-0.05, 0) is 37.1 Å². The minimum Gasteiger partial charge on any atom is -0.376 e. The third kappa shape index (κ3) is 2.89. The summed E-state index contributed by atoms with van der Waals surface area (Å²) in [7, 11) is 1.86. The van der Waals surface area contributed by atoms with Crippen molar-refractivity contribution in [1.82, 2.24) is 4.90 Å². The first-order valence-corrected chi connectivity index (χ1v) is 5.80. The minimum atomic E-state index is 0.137. The Labute approximate surface area is 100 Å². The fourth-order valence-corrected chi connectivity index (χ4v) is 1.66. The van der Waals surface area contributed by atoms with E-state index >= 15 is 0 Å². The topological polar surface area (TPSA) is 32.3 Å². The summed E-state index contributed by atoms with van der Waals surface area (Å²) < 4.78 is 0. The summed E-state index contributed by atoms with van der Waals surface area (Å²) in [5.41, 5.74) is 0.918. The molecule has 0 atom stereocenters. The lowest BCUT2D eigenvalue weighted by Gasteiger charge is -2.16. The fraction of sp³-hybridized carbons (Fsp3) is 0.417. The fourth-order valence-electron chi connectivity index (χ4n) is 1.54. The number of amides is 1. The lowest BCUT2D eigenvalue weighted by molar-refractivity contribution is -0.128. The zero-order valence-electron chi connectivity index (χ0n) is 9.24. The van der Waals surface area contributed by atoms with Gasteiger partial charge in [0.15, 0.2) is 0 Å². The SMILES string of the molecule is CN(C(=O)CNc1ccc(Cl)cc1)C1CC1. The number of hydrogen-bond donors (Lipinski definition) is 1. The zero-order valence-corrected chi connectivity index (χ0v) is 10.00. The van der Waals surface area contributed by atoms with Crippen molar-refractivity contribution in [1.29, 1.82) is 0 Å². The van der Waals surface area contributed by atoms with Crippen LogP contribution in [0.2, 0.25) is 5.02 Å². The van der Waals surface area contributed by atoms with E-state index in [9.17, 15) is 4.79 Å². The zero-order chi connectivity index (χ0) is 11.5. The summed E-state index contributed by atoms with van der Waals surface area (Å²) in [4.78, 5) is 13.5. The maximum Gasteiger partial charge on any atom is 0.241 e. The molecule has 0 radical (unpaired) electrons. The van der Waals surface area contributed by atoms with Crippen molar-refractivity contribution in [2.45, 2.75) is 18.9 Å². The van der Waals surface area contributed by atoms with Gasteiger partial charge in [0.05, 0.1) is 6.54 Å². The predicted octanol–water partition coefficient (Wildman–Crippen LogP) is 2.37. The quantitative estimate of drug-likeness (QED) is 0.874. The molecule has 1 aliphatic rings. The maximum absolute atomic E-state index is 11.7. The van der Waals surface area contributed by atoms with E-state index in [4.69, 9.17) is 11.6 Å². The number of nitrogens with zero attached hydrogens (tertiary/aromatic N) is 1. The largest absolute Gasteiger partial charge is 0.376 e. The minimum absolute atomic E-state index is 0.137. The van der Waals surface area contributed by atoms with Gasteiger partial charge in [-0.3, -0.25) is 4.79 Å². The van der Waals surface area contributed by atoms with Crippen LogP contribution in [0, 0.1) is 0 Å². The van der Waals surface area contributed by atoms with Crippen molar-refractivity contribution in [3.05, 3.63) is 29.3 Å². The molecule has 1 amide bonds. The molecule has 4 heteroatoms. The smallest absolute Gasteiger partial charge is 0.241 e. The Hall–Kier alpha value is -1.22. The monoisotopic (exact) mass is 238 g/mol. The third-order valence-corrected chi connectivity index (χ3v) is 3.03. The molecule has 1 aromatic rings. The van der Waals surface area contributed by atoms with Crippen molar-refractivity contribution < 1.29 is 4.79 Å². The van der Waals surface area contributed by atoms with E-state index in [-0.39, 0.29) is 5.91 Å². The lowest BCUT2D eigenvalue weighted by Crippen LogP contribution is -2.33. The number of likely N-dealkylation sites (N-methyl/N-ethyl adjacent to an activating group) is 1. The Balaban J connectivity index is 1.82. The van der Waals surface area contributed by atoms with Gasteiger partial charge in [0.1, 0.15) is 0 Å². The first-order chi connectivity index (χ1) is 7.66. The third-order valence-electron chi connectivity index (χ3n) is 2.78. The van der Waals surface area contributed by atoms with E-state index in [0.717, 1.165) is 18.5 Å². The number of nitrogens with one attached hydrogen (secondary N) is 1. The molecule has 0 aliphatic heterocycles. The van der Waals surface area contributed by atoms with E-state index in [1.807, 2.05) is 24.1 Å². The highest BCUT2D eigenvalue weighted by Gasteiger charge is 2.29. The van der Waals surface area contributed by atoms with Crippen LogP contribution in [0.4, 0.5) is 5.69 Å². The average Bonchev–Trinajstić information content (AvgIpc) is 3.11. The van der Waals surface area contributed by atoms with Gasteiger partial charge in [-0.1, -0.05) is 11.6 Å². The van der Waals surface area contributed by atoms with Crippen molar-refractivity contribution in [3.8, 4) is 0 Å². The Bertz CT molecular complexity index is 373. The number of benzene rings is 1. The molecule has 1 saturated carbocycles. The highest BCUT2D eigenvalue weighted by atomic mass is 35.5. The Morgan fingerprint density at radius 2 is 2.06 bits per heavy atom. The van der Waals surface area contributed by atoms with Gasteiger partial charge >= 0.3 is 0 Å². The standard InChI is InChI=1S/C12H15ClN2O/c1-15(11-6-7-11)12(16)8-14-10-4-2-9(13)3-5-10/h2-5,11,14H,6-8H2,1H3. The molecule has 1 aliphatic carbocycles. The van der Waals surface area contributed by atoms with E-state index < -0.39 is 0 Å². The summed E-state index contributed by atoms with van der Waals surface area (Å²) in [5.74, 6) is 0.137. The molecule has 86 valence electrons. The molecule has 2 rings (SSSR count). The molecule has 0 heterocycles. The normalized spacial score (nSPS) is 14.6. The van der Waals surface area contributed by atoms with Gasteiger partial charge < -0.3 is 10.2 Å². The van der Waals surface area contributed by atoms with Crippen molar-refractivity contribution >= 4 is 23.2 Å². The summed E-state index contributed by atoms with van der Waals surface area (Å²) >= 11 is 5.77. The van der Waals surface area contributed by atoms with Gasteiger partial charge in [-0.2, -0.15) is 0 Å². The van der Waals surface area contributed by atoms with Gasteiger partial charge in [0, 0.05) is 23.8 Å². The summed E-state index contributed by atoms with van der Waals surface area (Å²) in [6.07, 6.45) is 2.28. The summed E-state index contributed by atoms with van der Waals surface area (Å²) in [5, 5.41) is 3.79. The Morgan fingerprint density at radius 3 is 2.62 bits per heavy atom. The molecular formula is C12H15ClN2O. The molecule has 0 spiro atoms. The van der Waals surface area contributed by atoms with Crippen molar-refractivity contribution in [2.75, 3.05) is 18.9 Å². The molecule has 1 fully saturated rings. The summed E-state index contributed by atoms with van der Waals surface area (Å²) in [6, 6.07) is 7.82. The van der Waals surface area contributed by atoms with Crippen LogP contribution in [0.1, 0.15) is 12.8 Å². The Kier molecular flexibility index (Phi) is 3.34. The van der Waals surface area contributed by atoms with Crippen LogP contribution in [-0.4, -0.2) is 30.4 Å². The highest BCUT2D eigenvalue weighted by Crippen LogP contribution is 2.25. The van der Waals surface area contributed by atoms with Gasteiger partial charge in [0.2, 0.25) is 5.91 Å². The lowest BCUT2D eigenvalue weighted by atomic mass is 10.3. The van der Waals surface area contributed by atoms with E-state index in [1.54, 1.807) is 12.1 Å². The molecule has 1 N–H and O–H groups in total. The number of anilines is 1. The van der Waals surface area contributed by atoms with Gasteiger partial charge in [-0.25, -0.2) is 0 Å². The van der Waals surface area contributed by atoms with Crippen LogP contribution in [0.15, 0.2) is 24.3 Å². The molecule has 0 saturated heterocycles. The summed E-state index contributed by atoms with van der Waals surface area (Å²) in [6.45, 7) is 0.342. The number of hydrogen-bond acceptors (Lipinski definition) is 2. The molecule has 0 unspecified atom stereocenters. The first kappa shape index (κ1) is 11.3. The first-order valence-electron chi connectivity index (χ1n) is 5.42. The number of halogens is 1. The molecular weight excluding hydrogens is 224 g/mol. The van der Waals surface area contributed by atoms with Crippen LogP contribution >= 0.6 is 11.6 Å². The van der Waals surface area contributed by atoms with Crippen LogP contribution in [-0.2, 0) is 4.79 Å². The second-order valence-corrected chi connectivity index (χ2v) is 4.53. The number of rotatable bonds is 4.